The summed E-state index contributed by atoms with van der Waals surface area (Å²) in [5, 5.41) is 4.30. The van der Waals surface area contributed by atoms with Gasteiger partial charge in [0.1, 0.15) is 5.82 Å². The van der Waals surface area contributed by atoms with Gasteiger partial charge in [0.15, 0.2) is 0 Å². The Balaban J connectivity index is 2.16. The molecule has 1 heterocycles. The highest BCUT2D eigenvalue weighted by Crippen LogP contribution is 2.16. The summed E-state index contributed by atoms with van der Waals surface area (Å²) >= 11 is 3.50. The monoisotopic (exact) mass is 289 g/mol. The highest BCUT2D eigenvalue weighted by atomic mass is 79.9. The summed E-state index contributed by atoms with van der Waals surface area (Å²) < 4.78 is 1.03. The fourth-order valence-electron chi connectivity index (χ4n) is 1.38. The van der Waals surface area contributed by atoms with Crippen molar-refractivity contribution in [2.24, 2.45) is 5.10 Å². The molecule has 2 aromatic rings. The Hall–Kier alpha value is -1.68. The highest BCUT2D eigenvalue weighted by Gasteiger charge is 2.01. The van der Waals surface area contributed by atoms with Crippen LogP contribution < -0.4 is 5.43 Å². The van der Waals surface area contributed by atoms with E-state index in [9.17, 15) is 0 Å². The van der Waals surface area contributed by atoms with Crippen LogP contribution >= 0.6 is 15.9 Å². The molecule has 86 valence electrons. The molecule has 0 bridgehead atoms. The van der Waals surface area contributed by atoms with Gasteiger partial charge in [0.25, 0.3) is 0 Å². The van der Waals surface area contributed by atoms with Gasteiger partial charge in [-0.3, -0.25) is 5.43 Å². The Morgan fingerprint density at radius 2 is 1.94 bits per heavy atom. The largest absolute Gasteiger partial charge is 0.261 e. The molecule has 0 saturated heterocycles. The molecule has 1 aromatic carbocycles. The maximum atomic E-state index is 4.30. The molecule has 3 nitrogen and oxygen atoms in total. The van der Waals surface area contributed by atoms with E-state index in [4.69, 9.17) is 0 Å². The first kappa shape index (κ1) is 11.8. The molecule has 0 aliphatic rings. The van der Waals surface area contributed by atoms with E-state index in [0.717, 1.165) is 21.6 Å². The van der Waals surface area contributed by atoms with Crippen LogP contribution in [-0.2, 0) is 0 Å². The van der Waals surface area contributed by atoms with Crippen molar-refractivity contribution in [3.8, 4) is 0 Å². The highest BCUT2D eigenvalue weighted by molar-refractivity contribution is 9.10. The molecular formula is C13H12BrN3. The van der Waals surface area contributed by atoms with Gasteiger partial charge >= 0.3 is 0 Å². The third kappa shape index (κ3) is 3.14. The minimum Gasteiger partial charge on any atom is -0.261 e. The number of hydrazone groups is 1. The second-order valence-corrected chi connectivity index (χ2v) is 4.36. The Morgan fingerprint density at radius 1 is 1.18 bits per heavy atom. The van der Waals surface area contributed by atoms with Gasteiger partial charge in [-0.15, -0.1) is 0 Å². The average molecular weight is 290 g/mol. The molecule has 2 rings (SSSR count). The molecule has 4 heteroatoms. The number of benzene rings is 1. The maximum absolute atomic E-state index is 4.30. The van der Waals surface area contributed by atoms with Gasteiger partial charge < -0.3 is 0 Å². The van der Waals surface area contributed by atoms with Crippen LogP contribution in [0.15, 0.2) is 58.2 Å². The van der Waals surface area contributed by atoms with Crippen molar-refractivity contribution in [1.29, 1.82) is 0 Å². The zero-order valence-corrected chi connectivity index (χ0v) is 11.0. The molecule has 0 atom stereocenters. The van der Waals surface area contributed by atoms with Crippen LogP contribution in [0.1, 0.15) is 12.5 Å². The second-order valence-electron chi connectivity index (χ2n) is 3.50. The van der Waals surface area contributed by atoms with E-state index < -0.39 is 0 Å². The maximum Gasteiger partial charge on any atom is 0.146 e. The molecule has 0 saturated carbocycles. The van der Waals surface area contributed by atoms with E-state index in [0.29, 0.717) is 0 Å². The fourth-order valence-corrected chi connectivity index (χ4v) is 1.96. The standard InChI is InChI=1S/C13H12BrN3/c1-10(11-6-2-3-7-12(11)14)16-17-13-8-4-5-9-15-13/h2-9H,1H3,(H,15,17)/b16-10+. The third-order valence-electron chi connectivity index (χ3n) is 2.27. The number of hydrogen-bond acceptors (Lipinski definition) is 3. The number of aromatic nitrogens is 1. The van der Waals surface area contributed by atoms with Crippen molar-refractivity contribution in [2.45, 2.75) is 6.92 Å². The van der Waals surface area contributed by atoms with Gasteiger partial charge in [0.05, 0.1) is 5.71 Å². The van der Waals surface area contributed by atoms with Crippen LogP contribution in [0.2, 0.25) is 0 Å². The Morgan fingerprint density at radius 3 is 2.65 bits per heavy atom. The zero-order chi connectivity index (χ0) is 12.1. The van der Waals surface area contributed by atoms with Crippen molar-refractivity contribution in [2.75, 3.05) is 5.43 Å². The third-order valence-corrected chi connectivity index (χ3v) is 2.96. The van der Waals surface area contributed by atoms with Crippen molar-refractivity contribution in [1.82, 2.24) is 4.98 Å². The van der Waals surface area contributed by atoms with E-state index in [-0.39, 0.29) is 0 Å². The molecule has 0 amide bonds. The molecule has 0 aliphatic heterocycles. The molecular weight excluding hydrogens is 278 g/mol. The second kappa shape index (κ2) is 5.59. The van der Waals surface area contributed by atoms with E-state index >= 15 is 0 Å². The number of nitrogens with one attached hydrogen (secondary N) is 1. The van der Waals surface area contributed by atoms with Crippen LogP contribution in [0, 0.1) is 0 Å². The predicted octanol–water partition coefficient (Wildman–Crippen LogP) is 3.68. The van der Waals surface area contributed by atoms with E-state index in [2.05, 4.69) is 31.4 Å². The Kier molecular flexibility index (Phi) is 3.88. The van der Waals surface area contributed by atoms with Crippen molar-refractivity contribution in [3.05, 3.63) is 58.7 Å². The van der Waals surface area contributed by atoms with Gasteiger partial charge in [-0.05, 0) is 25.1 Å². The molecule has 0 spiro atoms. The summed E-state index contributed by atoms with van der Waals surface area (Å²) in [6.45, 7) is 1.95. The molecule has 0 radical (unpaired) electrons. The van der Waals surface area contributed by atoms with Crippen molar-refractivity contribution < 1.29 is 0 Å². The normalized spacial score (nSPS) is 11.3. The van der Waals surface area contributed by atoms with Gasteiger partial charge in [-0.2, -0.15) is 5.10 Å². The summed E-state index contributed by atoms with van der Waals surface area (Å²) in [5.74, 6) is 0.735. The van der Waals surface area contributed by atoms with E-state index in [1.807, 2.05) is 49.4 Å². The van der Waals surface area contributed by atoms with Gasteiger partial charge in [-0.25, -0.2) is 4.98 Å². The summed E-state index contributed by atoms with van der Waals surface area (Å²) in [5.41, 5.74) is 4.90. The van der Waals surface area contributed by atoms with Gasteiger partial charge in [0.2, 0.25) is 0 Å². The van der Waals surface area contributed by atoms with Crippen LogP contribution in [0.5, 0.6) is 0 Å². The number of halogens is 1. The lowest BCUT2D eigenvalue weighted by atomic mass is 10.1. The Bertz CT molecular complexity index is 523. The number of nitrogens with zero attached hydrogens (tertiary/aromatic N) is 2. The topological polar surface area (TPSA) is 37.3 Å². The first-order valence-electron chi connectivity index (χ1n) is 5.23. The van der Waals surface area contributed by atoms with Crippen LogP contribution in [0.25, 0.3) is 0 Å². The summed E-state index contributed by atoms with van der Waals surface area (Å²) in [6.07, 6.45) is 1.73. The number of rotatable bonds is 3. The smallest absolute Gasteiger partial charge is 0.146 e. The quantitative estimate of drug-likeness (QED) is 0.691. The lowest BCUT2D eigenvalue weighted by Crippen LogP contribution is -2.01. The van der Waals surface area contributed by atoms with Gasteiger partial charge in [0, 0.05) is 16.2 Å². The van der Waals surface area contributed by atoms with Crippen LogP contribution in [0.4, 0.5) is 5.82 Å². The molecule has 17 heavy (non-hydrogen) atoms. The van der Waals surface area contributed by atoms with E-state index in [1.54, 1.807) is 6.20 Å². The van der Waals surface area contributed by atoms with Crippen LogP contribution in [-0.4, -0.2) is 10.7 Å². The SMILES string of the molecule is C/C(=N\Nc1ccccn1)c1ccccc1Br. The fraction of sp³-hybridized carbons (Fsp3) is 0.0769. The van der Waals surface area contributed by atoms with Crippen molar-refractivity contribution in [3.63, 3.8) is 0 Å². The average Bonchev–Trinajstić information content (AvgIpc) is 2.38. The summed E-state index contributed by atoms with van der Waals surface area (Å²) in [4.78, 5) is 4.14. The summed E-state index contributed by atoms with van der Waals surface area (Å²) in [6, 6.07) is 13.6. The van der Waals surface area contributed by atoms with Crippen molar-refractivity contribution >= 4 is 27.5 Å². The van der Waals surface area contributed by atoms with Gasteiger partial charge in [-0.1, -0.05) is 40.2 Å². The molecule has 0 unspecified atom stereocenters. The molecule has 1 aromatic heterocycles. The predicted molar refractivity (Wildman–Crippen MR) is 74.2 cm³/mol. The zero-order valence-electron chi connectivity index (χ0n) is 9.39. The lowest BCUT2D eigenvalue weighted by Gasteiger charge is -2.04. The lowest BCUT2D eigenvalue weighted by molar-refractivity contribution is 1.22. The summed E-state index contributed by atoms with van der Waals surface area (Å²) in [7, 11) is 0. The minimum absolute atomic E-state index is 0.735. The van der Waals surface area contributed by atoms with E-state index in [1.165, 1.54) is 0 Å². The number of hydrogen-bond donors (Lipinski definition) is 1. The first-order chi connectivity index (χ1) is 8.27. The minimum atomic E-state index is 0.735. The Labute approximate surface area is 109 Å². The number of pyridine rings is 1. The molecule has 0 aliphatic carbocycles. The molecule has 0 fully saturated rings. The molecule has 1 N–H and O–H groups in total. The first-order valence-corrected chi connectivity index (χ1v) is 6.03. The number of anilines is 1. The van der Waals surface area contributed by atoms with Crippen LogP contribution in [0.3, 0.4) is 0 Å².